The van der Waals surface area contributed by atoms with Gasteiger partial charge in [0.2, 0.25) is 0 Å². The van der Waals surface area contributed by atoms with E-state index in [1.165, 1.54) is 6.07 Å². The fourth-order valence-corrected chi connectivity index (χ4v) is 4.55. The van der Waals surface area contributed by atoms with E-state index < -0.39 is 5.60 Å². The molecule has 1 amide bonds. The number of likely N-dealkylation sites (N-methyl/N-ethyl adjacent to an activating group) is 1. The number of benzene rings is 2. The number of halogens is 1. The molecule has 1 fully saturated rings. The number of likely N-dealkylation sites (tertiary alicyclic amines) is 1. The van der Waals surface area contributed by atoms with Crippen molar-refractivity contribution in [1.29, 1.82) is 0 Å². The summed E-state index contributed by atoms with van der Waals surface area (Å²) in [5.41, 5.74) is 2.01. The Morgan fingerprint density at radius 2 is 1.85 bits per heavy atom. The topological polar surface area (TPSA) is 54.0 Å². The number of carbonyl (C=O) groups excluding carboxylic acids is 1. The van der Waals surface area contributed by atoms with Gasteiger partial charge in [-0.05, 0) is 69.6 Å². The van der Waals surface area contributed by atoms with Crippen LogP contribution in [-0.2, 0) is 20.7 Å². The van der Waals surface area contributed by atoms with E-state index in [0.717, 1.165) is 23.1 Å². The van der Waals surface area contributed by atoms with Crippen LogP contribution in [0.3, 0.4) is 0 Å². The molecule has 2 aromatic carbocycles. The number of hydrogen-bond acceptors (Lipinski definition) is 5. The van der Waals surface area contributed by atoms with Gasteiger partial charge in [0.25, 0.3) is 5.91 Å². The van der Waals surface area contributed by atoms with Crippen LogP contribution in [0.2, 0.25) is 0 Å². The van der Waals surface area contributed by atoms with Gasteiger partial charge in [-0.1, -0.05) is 36.4 Å². The molecule has 0 saturated carbocycles. The number of ether oxygens (including phenoxy) is 2. The van der Waals surface area contributed by atoms with Gasteiger partial charge in [-0.15, -0.1) is 0 Å². The van der Waals surface area contributed by atoms with E-state index in [0.29, 0.717) is 19.5 Å². The first-order valence-corrected chi connectivity index (χ1v) is 11.8. The van der Waals surface area contributed by atoms with Gasteiger partial charge in [-0.25, -0.2) is 4.39 Å². The van der Waals surface area contributed by atoms with Crippen molar-refractivity contribution in [3.8, 4) is 11.1 Å². The van der Waals surface area contributed by atoms with Crippen LogP contribution in [-0.4, -0.2) is 81.0 Å². The molecule has 1 aliphatic rings. The summed E-state index contributed by atoms with van der Waals surface area (Å²) in [5, 5.41) is 3.64. The standard InChI is InChI=1S/C27H38FN3O3/c1-27(2,34-6)26(32)31-14-13-23(29-18-25(33-5)30(3)4)24(31)16-19-9-7-10-20(15-19)21-11-8-12-22(28)17-21/h7-12,15,17,23-25,29H,13-14,16,18H2,1-6H3/t23-,24-,25?/m0/s1. The molecule has 3 atom stereocenters. The molecule has 1 N–H and O–H groups in total. The Bertz CT molecular complexity index is 966. The number of hydrogen-bond donors (Lipinski definition) is 1. The lowest BCUT2D eigenvalue weighted by Gasteiger charge is -2.35. The molecule has 7 heteroatoms. The lowest BCUT2D eigenvalue weighted by molar-refractivity contribution is -0.152. The van der Waals surface area contributed by atoms with Crippen LogP contribution in [0, 0.1) is 5.82 Å². The van der Waals surface area contributed by atoms with Gasteiger partial charge < -0.3 is 19.7 Å². The molecule has 1 unspecified atom stereocenters. The molecule has 0 radical (unpaired) electrons. The van der Waals surface area contributed by atoms with Crippen LogP contribution < -0.4 is 5.32 Å². The highest BCUT2D eigenvalue weighted by atomic mass is 19.1. The Balaban J connectivity index is 1.85. The maximum Gasteiger partial charge on any atom is 0.254 e. The molecule has 1 aliphatic heterocycles. The molecular weight excluding hydrogens is 433 g/mol. The van der Waals surface area contributed by atoms with Crippen molar-refractivity contribution in [1.82, 2.24) is 15.1 Å². The summed E-state index contributed by atoms with van der Waals surface area (Å²) in [6, 6.07) is 14.8. The summed E-state index contributed by atoms with van der Waals surface area (Å²) >= 11 is 0. The second-order valence-corrected chi connectivity index (χ2v) is 9.65. The average Bonchev–Trinajstić information content (AvgIpc) is 3.21. The first kappa shape index (κ1) is 26.3. The third-order valence-corrected chi connectivity index (χ3v) is 6.76. The molecular formula is C27H38FN3O3. The van der Waals surface area contributed by atoms with E-state index in [-0.39, 0.29) is 30.0 Å². The summed E-state index contributed by atoms with van der Waals surface area (Å²) < 4.78 is 24.9. The summed E-state index contributed by atoms with van der Waals surface area (Å²) in [5.74, 6) is -0.267. The van der Waals surface area contributed by atoms with Crippen LogP contribution in [0.5, 0.6) is 0 Å². The largest absolute Gasteiger partial charge is 0.369 e. The second-order valence-electron chi connectivity index (χ2n) is 9.65. The molecule has 1 heterocycles. The lowest BCUT2D eigenvalue weighted by atomic mass is 9.95. The first-order chi connectivity index (χ1) is 16.2. The van der Waals surface area contributed by atoms with E-state index >= 15 is 0 Å². The Hall–Kier alpha value is -2.32. The smallest absolute Gasteiger partial charge is 0.254 e. The Morgan fingerprint density at radius 1 is 1.18 bits per heavy atom. The van der Waals surface area contributed by atoms with Crippen LogP contribution in [0.15, 0.2) is 48.5 Å². The predicted molar refractivity (Wildman–Crippen MR) is 133 cm³/mol. The number of carbonyl (C=O) groups is 1. The summed E-state index contributed by atoms with van der Waals surface area (Å²) in [6.07, 6.45) is 1.48. The molecule has 1 saturated heterocycles. The van der Waals surface area contributed by atoms with E-state index in [1.54, 1.807) is 26.4 Å². The van der Waals surface area contributed by atoms with Gasteiger partial charge in [-0.2, -0.15) is 0 Å². The molecule has 0 bridgehead atoms. The van der Waals surface area contributed by atoms with Crippen molar-refractivity contribution in [2.45, 2.75) is 50.6 Å². The number of nitrogens with zero attached hydrogens (tertiary/aromatic N) is 2. The fourth-order valence-electron chi connectivity index (χ4n) is 4.55. The number of methoxy groups -OCH3 is 2. The van der Waals surface area contributed by atoms with Crippen LogP contribution in [0.1, 0.15) is 25.8 Å². The number of amides is 1. The zero-order valence-corrected chi connectivity index (χ0v) is 21.2. The highest BCUT2D eigenvalue weighted by molar-refractivity contribution is 5.85. The maximum atomic E-state index is 13.8. The summed E-state index contributed by atoms with van der Waals surface area (Å²) in [4.78, 5) is 17.3. The SMILES string of the molecule is COC(CN[C@H]1CCN(C(=O)C(C)(C)OC)[C@H]1Cc1cccc(-c2cccc(F)c2)c1)N(C)C. The van der Waals surface area contributed by atoms with Crippen LogP contribution in [0.25, 0.3) is 11.1 Å². The van der Waals surface area contributed by atoms with Crippen molar-refractivity contribution in [2.24, 2.45) is 0 Å². The Kier molecular flexibility index (Phi) is 8.82. The minimum absolute atomic E-state index is 0.0125. The van der Waals surface area contributed by atoms with Crippen molar-refractivity contribution >= 4 is 5.91 Å². The minimum atomic E-state index is -0.894. The van der Waals surface area contributed by atoms with Gasteiger partial charge in [-0.3, -0.25) is 9.69 Å². The van der Waals surface area contributed by atoms with Crippen molar-refractivity contribution in [3.63, 3.8) is 0 Å². The van der Waals surface area contributed by atoms with Crippen LogP contribution in [0.4, 0.5) is 4.39 Å². The normalized spacial score (nSPS) is 19.6. The lowest BCUT2D eigenvalue weighted by Crippen LogP contribution is -2.53. The van der Waals surface area contributed by atoms with Crippen molar-refractivity contribution < 1.29 is 18.7 Å². The zero-order valence-electron chi connectivity index (χ0n) is 21.2. The first-order valence-electron chi connectivity index (χ1n) is 11.8. The zero-order chi connectivity index (χ0) is 24.9. The predicted octanol–water partition coefficient (Wildman–Crippen LogP) is 3.55. The summed E-state index contributed by atoms with van der Waals surface area (Å²) in [7, 11) is 7.24. The Morgan fingerprint density at radius 3 is 2.47 bits per heavy atom. The molecule has 34 heavy (non-hydrogen) atoms. The van der Waals surface area contributed by atoms with Crippen LogP contribution >= 0.6 is 0 Å². The maximum absolute atomic E-state index is 13.8. The monoisotopic (exact) mass is 471 g/mol. The van der Waals surface area contributed by atoms with E-state index in [1.807, 2.05) is 55.9 Å². The highest BCUT2D eigenvalue weighted by Gasteiger charge is 2.42. The average molecular weight is 472 g/mol. The van der Waals surface area contributed by atoms with Gasteiger partial charge in [0.1, 0.15) is 17.6 Å². The number of rotatable bonds is 10. The van der Waals surface area contributed by atoms with E-state index in [9.17, 15) is 9.18 Å². The second kappa shape index (κ2) is 11.4. The van der Waals surface area contributed by atoms with Gasteiger partial charge >= 0.3 is 0 Å². The molecule has 186 valence electrons. The highest BCUT2D eigenvalue weighted by Crippen LogP contribution is 2.28. The van der Waals surface area contributed by atoms with Gasteiger partial charge in [0.15, 0.2) is 0 Å². The summed E-state index contributed by atoms with van der Waals surface area (Å²) in [6.45, 7) is 4.94. The Labute approximate surface area is 203 Å². The quantitative estimate of drug-likeness (QED) is 0.537. The van der Waals surface area contributed by atoms with Gasteiger partial charge in [0.05, 0.1) is 6.04 Å². The number of nitrogens with one attached hydrogen (secondary N) is 1. The molecule has 0 aliphatic carbocycles. The van der Waals surface area contributed by atoms with E-state index in [2.05, 4.69) is 17.4 Å². The molecule has 6 nitrogen and oxygen atoms in total. The van der Waals surface area contributed by atoms with E-state index in [4.69, 9.17) is 9.47 Å². The molecule has 0 aromatic heterocycles. The van der Waals surface area contributed by atoms with Crippen molar-refractivity contribution in [3.05, 3.63) is 59.9 Å². The fraction of sp³-hybridized carbons (Fsp3) is 0.519. The third-order valence-electron chi connectivity index (χ3n) is 6.76. The molecule has 0 spiro atoms. The molecule has 3 rings (SSSR count). The van der Waals surface area contributed by atoms with Gasteiger partial charge in [0, 0.05) is 33.4 Å². The van der Waals surface area contributed by atoms with Crippen molar-refractivity contribution in [2.75, 3.05) is 41.4 Å². The molecule has 2 aromatic rings. The third kappa shape index (κ3) is 6.21. The minimum Gasteiger partial charge on any atom is -0.369 e.